The SMILES string of the molecule is C[C@@H](O)C#Cc1cnc2c(c1)C(=O)N([C@@H](C)CO)C[C@H](C)[C@@H](CN(C)C(=O)CN(C)C)O2. The summed E-state index contributed by atoms with van der Waals surface area (Å²) in [7, 11) is 5.39. The van der Waals surface area contributed by atoms with E-state index < -0.39 is 18.2 Å². The Kier molecular flexibility index (Phi) is 9.01. The van der Waals surface area contributed by atoms with Crippen molar-refractivity contribution in [2.45, 2.75) is 39.0 Å². The lowest BCUT2D eigenvalue weighted by Gasteiger charge is -2.37. The van der Waals surface area contributed by atoms with E-state index in [1.807, 2.05) is 21.0 Å². The highest BCUT2D eigenvalue weighted by molar-refractivity contribution is 5.97. The van der Waals surface area contributed by atoms with E-state index in [1.165, 1.54) is 6.20 Å². The van der Waals surface area contributed by atoms with Crippen LogP contribution < -0.4 is 4.74 Å². The highest BCUT2D eigenvalue weighted by Crippen LogP contribution is 2.27. The van der Waals surface area contributed by atoms with Crippen LogP contribution >= 0.6 is 0 Å². The van der Waals surface area contributed by atoms with E-state index in [2.05, 4.69) is 16.8 Å². The lowest BCUT2D eigenvalue weighted by atomic mass is 10.00. The van der Waals surface area contributed by atoms with Gasteiger partial charge in [-0.1, -0.05) is 18.8 Å². The van der Waals surface area contributed by atoms with Crippen molar-refractivity contribution in [3.8, 4) is 17.7 Å². The molecule has 0 bridgehead atoms. The zero-order chi connectivity index (χ0) is 24.0. The molecule has 9 nitrogen and oxygen atoms in total. The van der Waals surface area contributed by atoms with Gasteiger partial charge in [0.1, 0.15) is 17.8 Å². The maximum atomic E-state index is 13.3. The van der Waals surface area contributed by atoms with Gasteiger partial charge in [-0.25, -0.2) is 4.98 Å². The van der Waals surface area contributed by atoms with Crippen molar-refractivity contribution < 1.29 is 24.5 Å². The van der Waals surface area contributed by atoms with Crippen molar-refractivity contribution in [2.24, 2.45) is 5.92 Å². The number of rotatable bonds is 6. The van der Waals surface area contributed by atoms with E-state index >= 15 is 0 Å². The maximum absolute atomic E-state index is 13.3. The van der Waals surface area contributed by atoms with Gasteiger partial charge in [-0.2, -0.15) is 0 Å². The van der Waals surface area contributed by atoms with E-state index in [9.17, 15) is 19.8 Å². The quantitative estimate of drug-likeness (QED) is 0.595. The van der Waals surface area contributed by atoms with Crippen molar-refractivity contribution in [2.75, 3.05) is 47.4 Å². The van der Waals surface area contributed by atoms with Crippen molar-refractivity contribution >= 4 is 11.8 Å². The summed E-state index contributed by atoms with van der Waals surface area (Å²) >= 11 is 0. The van der Waals surface area contributed by atoms with E-state index in [-0.39, 0.29) is 42.3 Å². The van der Waals surface area contributed by atoms with Gasteiger partial charge in [0, 0.05) is 31.3 Å². The molecule has 32 heavy (non-hydrogen) atoms. The minimum Gasteiger partial charge on any atom is -0.472 e. The summed E-state index contributed by atoms with van der Waals surface area (Å²) in [6.07, 6.45) is 0.273. The summed E-state index contributed by atoms with van der Waals surface area (Å²) in [6, 6.07) is 1.18. The fourth-order valence-electron chi connectivity index (χ4n) is 3.34. The highest BCUT2D eigenvalue weighted by Gasteiger charge is 2.34. The number of fused-ring (bicyclic) bond motifs is 1. The Labute approximate surface area is 190 Å². The summed E-state index contributed by atoms with van der Waals surface area (Å²) < 4.78 is 6.16. The third kappa shape index (κ3) is 6.66. The van der Waals surface area contributed by atoms with Crippen LogP contribution in [0.2, 0.25) is 0 Å². The molecule has 0 saturated heterocycles. The Bertz CT molecular complexity index is 877. The number of hydrogen-bond donors (Lipinski definition) is 2. The average molecular weight is 447 g/mol. The summed E-state index contributed by atoms with van der Waals surface area (Å²) in [6.45, 7) is 6.05. The van der Waals surface area contributed by atoms with Gasteiger partial charge in [0.15, 0.2) is 0 Å². The Morgan fingerprint density at radius 3 is 2.66 bits per heavy atom. The molecule has 9 heteroatoms. The molecule has 1 aromatic heterocycles. The fraction of sp³-hybridized carbons (Fsp3) is 0.609. The lowest BCUT2D eigenvalue weighted by Crippen LogP contribution is -2.51. The number of carbonyl (C=O) groups excluding carboxylic acids is 2. The number of likely N-dealkylation sites (N-methyl/N-ethyl adjacent to an activating group) is 2. The summed E-state index contributed by atoms with van der Waals surface area (Å²) in [5.41, 5.74) is 0.712. The minimum atomic E-state index is -0.810. The molecule has 0 unspecified atom stereocenters. The molecule has 2 rings (SSSR count). The third-order valence-electron chi connectivity index (χ3n) is 5.28. The molecule has 2 amide bonds. The highest BCUT2D eigenvalue weighted by atomic mass is 16.5. The summed E-state index contributed by atoms with van der Waals surface area (Å²) in [5.74, 6) is 5.13. The number of hydrogen-bond acceptors (Lipinski definition) is 7. The van der Waals surface area contributed by atoms with Crippen molar-refractivity contribution in [3.63, 3.8) is 0 Å². The molecule has 4 atom stereocenters. The molecular weight excluding hydrogens is 412 g/mol. The molecule has 2 N–H and O–H groups in total. The molecule has 1 aliphatic heterocycles. The van der Waals surface area contributed by atoms with Crippen LogP contribution in [0.1, 0.15) is 36.7 Å². The first kappa shape index (κ1) is 25.6. The largest absolute Gasteiger partial charge is 0.472 e. The van der Waals surface area contributed by atoms with Crippen LogP contribution in [0.5, 0.6) is 5.88 Å². The zero-order valence-electron chi connectivity index (χ0n) is 19.7. The van der Waals surface area contributed by atoms with Crippen LogP contribution in [0.3, 0.4) is 0 Å². The molecule has 0 radical (unpaired) electrons. The van der Waals surface area contributed by atoms with Crippen LogP contribution in [0, 0.1) is 17.8 Å². The molecule has 0 spiro atoms. The number of nitrogens with zero attached hydrogens (tertiary/aromatic N) is 4. The summed E-state index contributed by atoms with van der Waals surface area (Å²) in [5, 5.41) is 19.1. The van der Waals surface area contributed by atoms with Crippen LogP contribution in [0.25, 0.3) is 0 Å². The second-order valence-corrected chi connectivity index (χ2v) is 8.66. The van der Waals surface area contributed by atoms with Gasteiger partial charge in [0.25, 0.3) is 5.91 Å². The topological polar surface area (TPSA) is 106 Å². The second kappa shape index (κ2) is 11.3. The average Bonchev–Trinajstić information content (AvgIpc) is 2.73. The smallest absolute Gasteiger partial charge is 0.259 e. The zero-order valence-corrected chi connectivity index (χ0v) is 19.7. The third-order valence-corrected chi connectivity index (χ3v) is 5.28. The van der Waals surface area contributed by atoms with Crippen LogP contribution in [0.15, 0.2) is 12.3 Å². The maximum Gasteiger partial charge on any atom is 0.259 e. The number of aromatic nitrogens is 1. The normalized spacial score (nSPS) is 20.3. The van der Waals surface area contributed by atoms with Crippen LogP contribution in [-0.4, -0.2) is 107 Å². The summed E-state index contributed by atoms with van der Waals surface area (Å²) in [4.78, 5) is 35.1. The monoisotopic (exact) mass is 446 g/mol. The van der Waals surface area contributed by atoms with Gasteiger partial charge in [-0.05, 0) is 34.0 Å². The van der Waals surface area contributed by atoms with Gasteiger partial charge in [0.05, 0.1) is 25.7 Å². The van der Waals surface area contributed by atoms with Gasteiger partial charge in [-0.15, -0.1) is 0 Å². The van der Waals surface area contributed by atoms with E-state index in [0.29, 0.717) is 18.7 Å². The predicted octanol–water partition coefficient (Wildman–Crippen LogP) is 0.0540. The Balaban J connectivity index is 2.42. The molecule has 0 saturated carbocycles. The van der Waals surface area contributed by atoms with Crippen molar-refractivity contribution in [1.29, 1.82) is 0 Å². The van der Waals surface area contributed by atoms with E-state index in [1.54, 1.807) is 41.7 Å². The second-order valence-electron chi connectivity index (χ2n) is 8.66. The number of ether oxygens (including phenoxy) is 1. The van der Waals surface area contributed by atoms with Crippen molar-refractivity contribution in [3.05, 3.63) is 23.4 Å². The molecule has 0 aliphatic carbocycles. The number of aliphatic hydroxyl groups excluding tert-OH is 2. The Hall–Kier alpha value is -2.67. The molecule has 176 valence electrons. The molecule has 0 aromatic carbocycles. The van der Waals surface area contributed by atoms with Crippen LogP contribution in [-0.2, 0) is 4.79 Å². The minimum absolute atomic E-state index is 0.0403. The van der Waals surface area contributed by atoms with Crippen LogP contribution in [0.4, 0.5) is 0 Å². The molecular formula is C23H34N4O5. The van der Waals surface area contributed by atoms with Gasteiger partial charge < -0.3 is 29.6 Å². The standard InChI is InChI=1S/C23H34N4O5/c1-15-11-27(16(2)14-28)23(31)19-9-18(8-7-17(3)29)10-24-22(19)32-20(15)12-26(6)21(30)13-25(4)5/h9-10,15-17,20,28-29H,11-14H2,1-6H3/t15-,16-,17+,20+/m0/s1. The van der Waals surface area contributed by atoms with Crippen molar-refractivity contribution in [1.82, 2.24) is 19.7 Å². The van der Waals surface area contributed by atoms with E-state index in [0.717, 1.165) is 0 Å². The molecule has 1 aliphatic rings. The Morgan fingerprint density at radius 1 is 1.38 bits per heavy atom. The number of pyridine rings is 1. The molecule has 1 aromatic rings. The fourth-order valence-corrected chi connectivity index (χ4v) is 3.34. The first-order valence-electron chi connectivity index (χ1n) is 10.7. The van der Waals surface area contributed by atoms with Gasteiger partial charge in [-0.3, -0.25) is 9.59 Å². The first-order chi connectivity index (χ1) is 15.0. The number of amides is 2. The number of aliphatic hydroxyl groups is 2. The molecule has 2 heterocycles. The molecule has 0 fully saturated rings. The first-order valence-corrected chi connectivity index (χ1v) is 10.7. The van der Waals surface area contributed by atoms with Gasteiger partial charge >= 0.3 is 0 Å². The Morgan fingerprint density at radius 2 is 2.06 bits per heavy atom. The van der Waals surface area contributed by atoms with Gasteiger partial charge in [0.2, 0.25) is 11.8 Å². The predicted molar refractivity (Wildman–Crippen MR) is 120 cm³/mol. The lowest BCUT2D eigenvalue weighted by molar-refractivity contribution is -0.132. The van der Waals surface area contributed by atoms with E-state index in [4.69, 9.17) is 4.74 Å². The number of carbonyl (C=O) groups is 2.